The van der Waals surface area contributed by atoms with Gasteiger partial charge in [-0.1, -0.05) is 96.0 Å². The Morgan fingerprint density at radius 3 is 2.20 bits per heavy atom. The van der Waals surface area contributed by atoms with E-state index in [1.807, 2.05) is 77.7 Å². The van der Waals surface area contributed by atoms with Crippen LogP contribution in [0.3, 0.4) is 0 Å². The summed E-state index contributed by atoms with van der Waals surface area (Å²) in [6.07, 6.45) is 0.748. The molecule has 5 aromatic rings. The molecule has 0 aliphatic carbocycles. The maximum atomic E-state index is 14.4. The molecule has 5 aromatic carbocycles. The number of methoxy groups -OCH3 is 1. The van der Waals surface area contributed by atoms with Gasteiger partial charge in [-0.2, -0.15) is 0 Å². The third kappa shape index (κ3) is 6.49. The molecule has 234 valence electrons. The average Bonchev–Trinajstić information content (AvgIpc) is 3.54. The van der Waals surface area contributed by atoms with Crippen LogP contribution in [0.2, 0.25) is 10.0 Å². The van der Waals surface area contributed by atoms with Crippen molar-refractivity contribution in [1.29, 1.82) is 0 Å². The van der Waals surface area contributed by atoms with Crippen LogP contribution in [0.15, 0.2) is 132 Å². The van der Waals surface area contributed by atoms with Crippen LogP contribution in [0.25, 0.3) is 0 Å². The molecule has 1 heterocycles. The smallest absolute Gasteiger partial charge is 0.266 e. The van der Waals surface area contributed by atoms with Crippen molar-refractivity contribution in [3.05, 3.63) is 160 Å². The van der Waals surface area contributed by atoms with Crippen molar-refractivity contribution in [2.45, 2.75) is 29.8 Å². The first kappa shape index (κ1) is 31.7. The third-order valence-electron chi connectivity index (χ3n) is 8.35. The molecule has 0 aromatic heterocycles. The number of halogens is 2. The molecule has 1 aliphatic heterocycles. The van der Waals surface area contributed by atoms with Gasteiger partial charge in [-0.25, -0.2) is 8.42 Å². The SMILES string of the molecule is COc1cccc(C2C(c3ccccc3)CCN2C(=O)c2ccc(Cl)c(S(=O)(=O)N(Cc3ccccc3)c3ccc(Cl)cc3)c2)c1. The second-order valence-electron chi connectivity index (χ2n) is 11.1. The van der Waals surface area contributed by atoms with Gasteiger partial charge in [0.2, 0.25) is 0 Å². The molecule has 1 fully saturated rings. The van der Waals surface area contributed by atoms with Gasteiger partial charge in [-0.3, -0.25) is 9.10 Å². The summed E-state index contributed by atoms with van der Waals surface area (Å²) in [5.41, 5.74) is 3.52. The van der Waals surface area contributed by atoms with Crippen molar-refractivity contribution in [2.75, 3.05) is 18.0 Å². The van der Waals surface area contributed by atoms with Gasteiger partial charge in [0, 0.05) is 23.0 Å². The van der Waals surface area contributed by atoms with Gasteiger partial charge in [0.15, 0.2) is 0 Å². The summed E-state index contributed by atoms with van der Waals surface area (Å²) < 4.78 is 35.6. The van der Waals surface area contributed by atoms with Crippen LogP contribution in [0.1, 0.15) is 45.4 Å². The van der Waals surface area contributed by atoms with E-state index in [1.54, 1.807) is 37.4 Å². The van der Waals surface area contributed by atoms with Crippen LogP contribution in [-0.2, 0) is 16.6 Å². The summed E-state index contributed by atoms with van der Waals surface area (Å²) >= 11 is 12.7. The highest BCUT2D eigenvalue weighted by Crippen LogP contribution is 2.45. The second-order valence-corrected chi connectivity index (χ2v) is 13.8. The second kappa shape index (κ2) is 13.6. The lowest BCUT2D eigenvalue weighted by Crippen LogP contribution is -2.33. The molecular formula is C37H32Cl2N2O4S. The lowest BCUT2D eigenvalue weighted by molar-refractivity contribution is 0.0729. The van der Waals surface area contributed by atoms with Crippen molar-refractivity contribution in [3.8, 4) is 5.75 Å². The predicted octanol–water partition coefficient (Wildman–Crippen LogP) is 8.77. The Kier molecular flexibility index (Phi) is 9.36. The van der Waals surface area contributed by atoms with Gasteiger partial charge >= 0.3 is 0 Å². The van der Waals surface area contributed by atoms with Crippen molar-refractivity contribution in [3.63, 3.8) is 0 Å². The van der Waals surface area contributed by atoms with E-state index in [2.05, 4.69) is 12.1 Å². The number of ether oxygens (including phenoxy) is 1. The molecule has 6 rings (SSSR count). The van der Waals surface area contributed by atoms with Gasteiger partial charge in [0.25, 0.3) is 15.9 Å². The molecule has 0 spiro atoms. The fourth-order valence-corrected chi connectivity index (χ4v) is 8.18. The lowest BCUT2D eigenvalue weighted by Gasteiger charge is -2.30. The van der Waals surface area contributed by atoms with E-state index < -0.39 is 10.0 Å². The van der Waals surface area contributed by atoms with E-state index in [9.17, 15) is 13.2 Å². The van der Waals surface area contributed by atoms with E-state index in [1.165, 1.54) is 16.4 Å². The first-order valence-electron chi connectivity index (χ1n) is 14.9. The molecule has 0 radical (unpaired) electrons. The predicted molar refractivity (Wildman–Crippen MR) is 183 cm³/mol. The molecule has 46 heavy (non-hydrogen) atoms. The topological polar surface area (TPSA) is 66.9 Å². The molecule has 1 saturated heterocycles. The number of hydrogen-bond acceptors (Lipinski definition) is 4. The summed E-state index contributed by atoms with van der Waals surface area (Å²) in [6.45, 7) is 0.554. The Labute approximate surface area is 279 Å². The maximum absolute atomic E-state index is 14.4. The van der Waals surface area contributed by atoms with Crippen molar-refractivity contribution in [2.24, 2.45) is 0 Å². The van der Waals surface area contributed by atoms with E-state index in [4.69, 9.17) is 27.9 Å². The highest BCUT2D eigenvalue weighted by molar-refractivity contribution is 7.93. The summed E-state index contributed by atoms with van der Waals surface area (Å²) in [5, 5.41) is 0.507. The van der Waals surface area contributed by atoms with Crippen LogP contribution < -0.4 is 9.04 Å². The number of hydrogen-bond donors (Lipinski definition) is 0. The standard InChI is InChI=1S/C37H32Cl2N2O4S/c1-45-32-14-8-13-28(23-32)36-33(27-11-6-3-7-12-27)21-22-40(36)37(42)29-15-20-34(39)35(24-29)46(43,44)41(25-26-9-4-2-5-10-26)31-18-16-30(38)17-19-31/h2-20,23-24,33,36H,21-22,25H2,1H3. The molecule has 1 amide bonds. The minimum absolute atomic E-state index is 0.0245. The number of benzene rings is 5. The number of rotatable bonds is 9. The van der Waals surface area contributed by atoms with Crippen LogP contribution in [0.4, 0.5) is 5.69 Å². The molecule has 2 unspecified atom stereocenters. The number of amides is 1. The first-order valence-corrected chi connectivity index (χ1v) is 17.1. The van der Waals surface area contributed by atoms with Crippen molar-refractivity contribution in [1.82, 2.24) is 4.90 Å². The highest BCUT2D eigenvalue weighted by Gasteiger charge is 2.40. The Morgan fingerprint density at radius 2 is 1.50 bits per heavy atom. The van der Waals surface area contributed by atoms with Gasteiger partial charge in [0.1, 0.15) is 10.6 Å². The molecule has 0 bridgehead atoms. The van der Waals surface area contributed by atoms with Crippen molar-refractivity contribution < 1.29 is 17.9 Å². The van der Waals surface area contributed by atoms with Crippen LogP contribution in [0, 0.1) is 0 Å². The van der Waals surface area contributed by atoms with E-state index in [0.29, 0.717) is 23.0 Å². The van der Waals surface area contributed by atoms with Crippen LogP contribution in [-0.4, -0.2) is 32.9 Å². The first-order chi connectivity index (χ1) is 22.3. The normalized spacial score (nSPS) is 16.3. The number of sulfonamides is 1. The molecule has 2 atom stereocenters. The molecule has 0 saturated carbocycles. The summed E-state index contributed by atoms with van der Waals surface area (Å²) in [4.78, 5) is 16.0. The maximum Gasteiger partial charge on any atom is 0.266 e. The Morgan fingerprint density at radius 1 is 0.826 bits per heavy atom. The number of carbonyl (C=O) groups is 1. The quantitative estimate of drug-likeness (QED) is 0.157. The van der Waals surface area contributed by atoms with Gasteiger partial charge in [-0.05, 0) is 77.7 Å². The summed E-state index contributed by atoms with van der Waals surface area (Å²) in [7, 11) is -2.62. The number of carbonyl (C=O) groups excluding carboxylic acids is 1. The Balaban J connectivity index is 1.39. The number of anilines is 1. The Bertz CT molecular complexity index is 1940. The Hall–Kier alpha value is -4.30. The zero-order chi connectivity index (χ0) is 32.3. The molecular weight excluding hydrogens is 639 g/mol. The zero-order valence-electron chi connectivity index (χ0n) is 25.1. The number of nitrogens with zero attached hydrogens (tertiary/aromatic N) is 2. The molecule has 1 aliphatic rings. The number of likely N-dealkylation sites (tertiary alicyclic amines) is 1. The fourth-order valence-electron chi connectivity index (χ4n) is 6.10. The minimum atomic E-state index is -4.23. The van der Waals surface area contributed by atoms with E-state index in [0.717, 1.165) is 23.1 Å². The summed E-state index contributed by atoms with van der Waals surface area (Å²) in [5.74, 6) is 0.462. The molecule has 0 N–H and O–H groups in total. The minimum Gasteiger partial charge on any atom is -0.497 e. The lowest BCUT2D eigenvalue weighted by atomic mass is 9.87. The van der Waals surface area contributed by atoms with Gasteiger partial charge < -0.3 is 9.64 Å². The molecule has 6 nitrogen and oxygen atoms in total. The zero-order valence-corrected chi connectivity index (χ0v) is 27.4. The van der Waals surface area contributed by atoms with Gasteiger partial charge in [-0.15, -0.1) is 0 Å². The van der Waals surface area contributed by atoms with Gasteiger partial charge in [0.05, 0.1) is 30.4 Å². The van der Waals surface area contributed by atoms with Crippen LogP contribution >= 0.6 is 23.2 Å². The largest absolute Gasteiger partial charge is 0.497 e. The molecule has 9 heteroatoms. The van der Waals surface area contributed by atoms with E-state index in [-0.39, 0.29) is 39.9 Å². The monoisotopic (exact) mass is 670 g/mol. The van der Waals surface area contributed by atoms with E-state index >= 15 is 0 Å². The van der Waals surface area contributed by atoms with Crippen molar-refractivity contribution >= 4 is 44.8 Å². The third-order valence-corrected chi connectivity index (χ3v) is 10.9. The average molecular weight is 672 g/mol. The highest BCUT2D eigenvalue weighted by atomic mass is 35.5. The fraction of sp³-hybridized carbons (Fsp3) is 0.162. The van der Waals surface area contributed by atoms with Crippen LogP contribution in [0.5, 0.6) is 5.75 Å². The summed E-state index contributed by atoms with van der Waals surface area (Å²) in [6, 6.07) is 37.9.